The van der Waals surface area contributed by atoms with E-state index in [4.69, 9.17) is 4.74 Å². The van der Waals surface area contributed by atoms with Crippen LogP contribution in [0.15, 0.2) is 0 Å². The van der Waals surface area contributed by atoms with Crippen LogP contribution in [0, 0.1) is 11.8 Å². The van der Waals surface area contributed by atoms with Crippen LogP contribution in [0.3, 0.4) is 0 Å². The molecule has 2 unspecified atom stereocenters. The van der Waals surface area contributed by atoms with Gasteiger partial charge in [-0.3, -0.25) is 0 Å². The third-order valence-corrected chi connectivity index (χ3v) is 3.06. The van der Waals surface area contributed by atoms with Crippen LogP contribution in [0.2, 0.25) is 0 Å². The highest BCUT2D eigenvalue weighted by Crippen LogP contribution is 2.29. The van der Waals surface area contributed by atoms with Gasteiger partial charge in [0, 0.05) is 13.2 Å². The highest BCUT2D eigenvalue weighted by atomic mass is 16.5. The molecule has 2 rings (SSSR count). The zero-order valence-corrected chi connectivity index (χ0v) is 7.25. The van der Waals surface area contributed by atoms with Crippen molar-refractivity contribution >= 4 is 0 Å². The van der Waals surface area contributed by atoms with Gasteiger partial charge in [0.1, 0.15) is 0 Å². The molecule has 0 spiro atoms. The summed E-state index contributed by atoms with van der Waals surface area (Å²) in [4.78, 5) is 2.43. The number of piperidine rings is 1. The first-order valence-corrected chi connectivity index (χ1v) is 4.62. The van der Waals surface area contributed by atoms with E-state index < -0.39 is 0 Å². The quantitative estimate of drug-likeness (QED) is 0.517. The average molecular weight is 155 g/mol. The van der Waals surface area contributed by atoms with Crippen LogP contribution in [-0.4, -0.2) is 38.3 Å². The molecule has 2 saturated heterocycles. The lowest BCUT2D eigenvalue weighted by atomic mass is 9.83. The summed E-state index contributed by atoms with van der Waals surface area (Å²) in [7, 11) is 2.21. The van der Waals surface area contributed by atoms with Crippen LogP contribution >= 0.6 is 0 Å². The molecule has 0 aromatic carbocycles. The zero-order valence-electron chi connectivity index (χ0n) is 7.25. The Morgan fingerprint density at radius 1 is 1.27 bits per heavy atom. The van der Waals surface area contributed by atoms with Crippen molar-refractivity contribution in [1.29, 1.82) is 0 Å². The van der Waals surface area contributed by atoms with Crippen LogP contribution in [0.25, 0.3) is 0 Å². The predicted octanol–water partition coefficient (Wildman–Crippen LogP) is 0.975. The topological polar surface area (TPSA) is 12.5 Å². The van der Waals surface area contributed by atoms with Gasteiger partial charge in [-0.2, -0.15) is 0 Å². The molecule has 0 amide bonds. The zero-order chi connectivity index (χ0) is 7.68. The van der Waals surface area contributed by atoms with E-state index in [1.165, 1.54) is 25.9 Å². The maximum atomic E-state index is 5.46. The van der Waals surface area contributed by atoms with E-state index in [1.54, 1.807) is 0 Å². The summed E-state index contributed by atoms with van der Waals surface area (Å²) in [5.41, 5.74) is 0. The molecule has 0 bridgehead atoms. The number of hydrogen-bond donors (Lipinski definition) is 0. The molecular formula is C9H17NO. The van der Waals surface area contributed by atoms with Crippen molar-refractivity contribution in [3.63, 3.8) is 0 Å². The Labute approximate surface area is 68.5 Å². The summed E-state index contributed by atoms with van der Waals surface area (Å²) in [6, 6.07) is 0. The molecule has 0 aliphatic carbocycles. The molecular weight excluding hydrogens is 138 g/mol. The molecule has 2 atom stereocenters. The van der Waals surface area contributed by atoms with Crippen LogP contribution in [0.1, 0.15) is 12.8 Å². The van der Waals surface area contributed by atoms with Crippen LogP contribution in [-0.2, 0) is 4.74 Å². The molecule has 0 N–H and O–H groups in total. The van der Waals surface area contributed by atoms with Gasteiger partial charge in [-0.25, -0.2) is 0 Å². The fourth-order valence-corrected chi connectivity index (χ4v) is 2.30. The van der Waals surface area contributed by atoms with Crippen molar-refractivity contribution in [2.24, 2.45) is 11.8 Å². The average Bonchev–Trinajstić information content (AvgIpc) is 2.04. The lowest BCUT2D eigenvalue weighted by Crippen LogP contribution is -2.42. The number of likely N-dealkylation sites (tertiary alicyclic amines) is 1. The van der Waals surface area contributed by atoms with E-state index in [9.17, 15) is 0 Å². The van der Waals surface area contributed by atoms with Gasteiger partial charge in [0.25, 0.3) is 0 Å². The fourth-order valence-electron chi connectivity index (χ4n) is 2.30. The Morgan fingerprint density at radius 3 is 3.09 bits per heavy atom. The minimum atomic E-state index is 0.836. The van der Waals surface area contributed by atoms with Crippen LogP contribution in [0.5, 0.6) is 0 Å². The van der Waals surface area contributed by atoms with Gasteiger partial charge in [0.2, 0.25) is 0 Å². The smallest absolute Gasteiger partial charge is 0.0509 e. The standard InChI is InChI=1S/C9H17NO/c1-10-4-2-8-3-5-11-7-9(8)6-10/h8-9H,2-7H2,1H3. The molecule has 2 heterocycles. The summed E-state index contributed by atoms with van der Waals surface area (Å²) < 4.78 is 5.46. The highest BCUT2D eigenvalue weighted by molar-refractivity contribution is 4.80. The summed E-state index contributed by atoms with van der Waals surface area (Å²) in [5.74, 6) is 1.81. The van der Waals surface area contributed by atoms with Crippen LogP contribution < -0.4 is 0 Å². The van der Waals surface area contributed by atoms with Crippen molar-refractivity contribution in [2.45, 2.75) is 12.8 Å². The number of hydrogen-bond acceptors (Lipinski definition) is 2. The lowest BCUT2D eigenvalue weighted by molar-refractivity contribution is -0.0189. The first-order valence-electron chi connectivity index (χ1n) is 4.62. The molecule has 2 aliphatic heterocycles. The summed E-state index contributed by atoms with van der Waals surface area (Å²) in [5, 5.41) is 0. The number of nitrogens with zero attached hydrogens (tertiary/aromatic N) is 1. The van der Waals surface area contributed by atoms with Gasteiger partial charge in [0.05, 0.1) is 6.61 Å². The Hall–Kier alpha value is -0.0800. The molecule has 0 aromatic heterocycles. The van der Waals surface area contributed by atoms with E-state index in [0.717, 1.165) is 25.0 Å². The molecule has 2 nitrogen and oxygen atoms in total. The van der Waals surface area contributed by atoms with Gasteiger partial charge >= 0.3 is 0 Å². The largest absolute Gasteiger partial charge is 0.381 e. The summed E-state index contributed by atoms with van der Waals surface area (Å²) in [6.07, 6.45) is 2.70. The van der Waals surface area contributed by atoms with Crippen molar-refractivity contribution < 1.29 is 4.74 Å². The second-order valence-electron chi connectivity index (χ2n) is 3.93. The number of rotatable bonds is 0. The molecule has 0 saturated carbocycles. The highest BCUT2D eigenvalue weighted by Gasteiger charge is 2.29. The molecule has 0 aromatic rings. The molecule has 64 valence electrons. The van der Waals surface area contributed by atoms with Crippen LogP contribution in [0.4, 0.5) is 0 Å². The molecule has 2 heteroatoms. The maximum absolute atomic E-state index is 5.46. The second-order valence-corrected chi connectivity index (χ2v) is 3.93. The minimum absolute atomic E-state index is 0.836. The number of fused-ring (bicyclic) bond motifs is 1. The van der Waals surface area contributed by atoms with Gasteiger partial charge in [-0.05, 0) is 38.3 Å². The van der Waals surface area contributed by atoms with Crippen molar-refractivity contribution in [2.75, 3.05) is 33.4 Å². The summed E-state index contributed by atoms with van der Waals surface area (Å²) in [6.45, 7) is 4.56. The molecule has 11 heavy (non-hydrogen) atoms. The van der Waals surface area contributed by atoms with E-state index in [1.807, 2.05) is 0 Å². The first-order chi connectivity index (χ1) is 5.36. The van der Waals surface area contributed by atoms with E-state index in [-0.39, 0.29) is 0 Å². The Bertz CT molecular complexity index is 138. The molecule has 2 fully saturated rings. The third-order valence-electron chi connectivity index (χ3n) is 3.06. The SMILES string of the molecule is CN1CCC2CCOCC2C1. The fraction of sp³-hybridized carbons (Fsp3) is 1.00. The number of ether oxygens (including phenoxy) is 1. The molecule has 0 radical (unpaired) electrons. The monoisotopic (exact) mass is 155 g/mol. The van der Waals surface area contributed by atoms with Gasteiger partial charge in [0.15, 0.2) is 0 Å². The summed E-state index contributed by atoms with van der Waals surface area (Å²) >= 11 is 0. The van der Waals surface area contributed by atoms with E-state index >= 15 is 0 Å². The van der Waals surface area contributed by atoms with Gasteiger partial charge in [-0.15, -0.1) is 0 Å². The Balaban J connectivity index is 1.93. The maximum Gasteiger partial charge on any atom is 0.0509 e. The van der Waals surface area contributed by atoms with E-state index in [0.29, 0.717) is 0 Å². The molecule has 2 aliphatic rings. The van der Waals surface area contributed by atoms with Gasteiger partial charge < -0.3 is 9.64 Å². The Kier molecular flexibility index (Phi) is 2.14. The van der Waals surface area contributed by atoms with Gasteiger partial charge in [-0.1, -0.05) is 0 Å². The second kappa shape index (κ2) is 3.11. The van der Waals surface area contributed by atoms with Crippen molar-refractivity contribution in [1.82, 2.24) is 4.90 Å². The Morgan fingerprint density at radius 2 is 2.18 bits per heavy atom. The lowest BCUT2D eigenvalue weighted by Gasteiger charge is -2.39. The van der Waals surface area contributed by atoms with Crippen molar-refractivity contribution in [3.05, 3.63) is 0 Å². The first kappa shape index (κ1) is 7.56. The minimum Gasteiger partial charge on any atom is -0.381 e. The normalized spacial score (nSPS) is 40.1. The van der Waals surface area contributed by atoms with E-state index in [2.05, 4.69) is 11.9 Å². The third kappa shape index (κ3) is 1.57. The van der Waals surface area contributed by atoms with Crippen molar-refractivity contribution in [3.8, 4) is 0 Å². The predicted molar refractivity (Wildman–Crippen MR) is 44.5 cm³/mol.